The van der Waals surface area contributed by atoms with Gasteiger partial charge in [0.15, 0.2) is 0 Å². The summed E-state index contributed by atoms with van der Waals surface area (Å²) >= 11 is 0. The fourth-order valence-electron chi connectivity index (χ4n) is 3.37. The summed E-state index contributed by atoms with van der Waals surface area (Å²) in [6.45, 7) is 2.81. The minimum atomic E-state index is 0.0216. The Morgan fingerprint density at radius 1 is 1.33 bits per heavy atom. The van der Waals surface area contributed by atoms with Gasteiger partial charge in [0.05, 0.1) is 7.11 Å². The topological polar surface area (TPSA) is 55.3 Å². The Morgan fingerprint density at radius 3 is 3.00 bits per heavy atom. The maximum absolute atomic E-state index is 12.9. The van der Waals surface area contributed by atoms with Gasteiger partial charge >= 0.3 is 0 Å². The molecule has 3 rings (SSSR count). The average Bonchev–Trinajstić information content (AvgIpc) is 3.08. The van der Waals surface area contributed by atoms with E-state index < -0.39 is 0 Å². The summed E-state index contributed by atoms with van der Waals surface area (Å²) in [7, 11) is 1.55. The van der Waals surface area contributed by atoms with Crippen LogP contribution < -0.4 is 4.74 Å². The zero-order chi connectivity index (χ0) is 16.9. The molecule has 0 aromatic carbocycles. The van der Waals surface area contributed by atoms with Gasteiger partial charge in [-0.1, -0.05) is 0 Å². The normalized spacial score (nSPS) is 17.1. The van der Waals surface area contributed by atoms with E-state index in [1.807, 2.05) is 18.0 Å². The maximum Gasteiger partial charge on any atom is 0.259 e. The molecular weight excluding hydrogens is 302 g/mol. The smallest absolute Gasteiger partial charge is 0.259 e. The Kier molecular flexibility index (Phi) is 5.08. The quantitative estimate of drug-likeness (QED) is 0.848. The molecule has 1 unspecified atom stereocenters. The molecule has 0 aliphatic carbocycles. The molecule has 0 saturated carbocycles. The SMILES string of the molecule is COc1ncccc1C(=O)N1CCCC1CCc1ccnc(C)c1. The second kappa shape index (κ2) is 7.43. The zero-order valence-corrected chi connectivity index (χ0v) is 14.2. The van der Waals surface area contributed by atoms with E-state index in [1.165, 1.54) is 5.56 Å². The van der Waals surface area contributed by atoms with Crippen LogP contribution in [-0.4, -0.2) is 40.5 Å². The van der Waals surface area contributed by atoms with Crippen LogP contribution in [0.15, 0.2) is 36.7 Å². The Morgan fingerprint density at radius 2 is 2.21 bits per heavy atom. The van der Waals surface area contributed by atoms with E-state index in [0.717, 1.165) is 37.9 Å². The number of aromatic nitrogens is 2. The molecule has 1 aliphatic heterocycles. The standard InChI is InChI=1S/C19H23N3O2/c1-14-13-15(9-11-20-14)7-8-16-5-4-12-22(16)19(23)17-6-3-10-21-18(17)24-2/h3,6,9-11,13,16H,4-5,7-8,12H2,1-2H3. The summed E-state index contributed by atoms with van der Waals surface area (Å²) in [6, 6.07) is 8.01. The van der Waals surface area contributed by atoms with Crippen molar-refractivity contribution in [2.45, 2.75) is 38.6 Å². The predicted octanol–water partition coefficient (Wildman–Crippen LogP) is 3.03. The summed E-state index contributed by atoms with van der Waals surface area (Å²) in [5.41, 5.74) is 2.86. The molecule has 5 heteroatoms. The summed E-state index contributed by atoms with van der Waals surface area (Å²) in [5, 5.41) is 0. The molecule has 1 atom stereocenters. The van der Waals surface area contributed by atoms with Crippen LogP contribution >= 0.6 is 0 Å². The molecule has 1 saturated heterocycles. The molecule has 3 heterocycles. The van der Waals surface area contributed by atoms with Crippen LogP contribution in [0.25, 0.3) is 0 Å². The van der Waals surface area contributed by atoms with Gasteiger partial charge in [0.1, 0.15) is 5.56 Å². The van der Waals surface area contributed by atoms with Gasteiger partial charge in [0.25, 0.3) is 5.91 Å². The molecule has 2 aromatic rings. The van der Waals surface area contributed by atoms with Gasteiger partial charge in [-0.3, -0.25) is 9.78 Å². The molecule has 126 valence electrons. The Balaban J connectivity index is 1.70. The first-order valence-corrected chi connectivity index (χ1v) is 8.40. The van der Waals surface area contributed by atoms with Crippen LogP contribution in [0.2, 0.25) is 0 Å². The lowest BCUT2D eigenvalue weighted by molar-refractivity contribution is 0.0726. The highest BCUT2D eigenvalue weighted by atomic mass is 16.5. The molecule has 0 spiro atoms. The van der Waals surface area contributed by atoms with Crippen molar-refractivity contribution < 1.29 is 9.53 Å². The third kappa shape index (κ3) is 3.55. The molecule has 1 aliphatic rings. The first kappa shape index (κ1) is 16.4. The van der Waals surface area contributed by atoms with E-state index in [0.29, 0.717) is 11.4 Å². The number of carbonyl (C=O) groups excluding carboxylic acids is 1. The van der Waals surface area contributed by atoms with E-state index in [9.17, 15) is 4.79 Å². The van der Waals surface area contributed by atoms with E-state index in [2.05, 4.69) is 22.1 Å². The molecule has 1 fully saturated rings. The lowest BCUT2D eigenvalue weighted by atomic mass is 10.0. The number of methoxy groups -OCH3 is 1. The minimum Gasteiger partial charge on any atom is -0.480 e. The third-order valence-electron chi connectivity index (χ3n) is 4.56. The van der Waals surface area contributed by atoms with E-state index in [-0.39, 0.29) is 11.9 Å². The first-order chi connectivity index (χ1) is 11.7. The van der Waals surface area contributed by atoms with E-state index in [4.69, 9.17) is 4.74 Å². The molecule has 24 heavy (non-hydrogen) atoms. The molecule has 1 amide bonds. The van der Waals surface area contributed by atoms with Crippen LogP contribution in [-0.2, 0) is 6.42 Å². The molecule has 2 aromatic heterocycles. The number of likely N-dealkylation sites (tertiary alicyclic amines) is 1. The highest BCUT2D eigenvalue weighted by Gasteiger charge is 2.30. The summed E-state index contributed by atoms with van der Waals surface area (Å²) in [6.07, 6.45) is 7.53. The highest BCUT2D eigenvalue weighted by Crippen LogP contribution is 2.26. The van der Waals surface area contributed by atoms with Crippen molar-refractivity contribution in [3.63, 3.8) is 0 Å². The lowest BCUT2D eigenvalue weighted by Crippen LogP contribution is -2.36. The number of nitrogens with zero attached hydrogens (tertiary/aromatic N) is 3. The second-order valence-electron chi connectivity index (χ2n) is 6.20. The molecule has 5 nitrogen and oxygen atoms in total. The zero-order valence-electron chi connectivity index (χ0n) is 14.2. The van der Waals surface area contributed by atoms with Crippen molar-refractivity contribution in [1.29, 1.82) is 0 Å². The van der Waals surface area contributed by atoms with Crippen LogP contribution in [0, 0.1) is 6.92 Å². The number of amides is 1. The molecular formula is C19H23N3O2. The summed E-state index contributed by atoms with van der Waals surface area (Å²) < 4.78 is 5.24. The van der Waals surface area contributed by atoms with Gasteiger partial charge < -0.3 is 9.64 Å². The van der Waals surface area contributed by atoms with Gasteiger partial charge in [0, 0.05) is 30.7 Å². The number of rotatable bonds is 5. The summed E-state index contributed by atoms with van der Waals surface area (Å²) in [4.78, 5) is 23.3. The van der Waals surface area contributed by atoms with Crippen molar-refractivity contribution >= 4 is 5.91 Å². The van der Waals surface area contributed by atoms with Gasteiger partial charge in [0.2, 0.25) is 5.88 Å². The highest BCUT2D eigenvalue weighted by molar-refractivity contribution is 5.96. The van der Waals surface area contributed by atoms with Gasteiger partial charge in [-0.25, -0.2) is 4.98 Å². The Hall–Kier alpha value is -2.43. The second-order valence-corrected chi connectivity index (χ2v) is 6.20. The maximum atomic E-state index is 12.9. The Labute approximate surface area is 142 Å². The number of pyridine rings is 2. The third-order valence-corrected chi connectivity index (χ3v) is 4.56. The fraction of sp³-hybridized carbons (Fsp3) is 0.421. The van der Waals surface area contributed by atoms with E-state index in [1.54, 1.807) is 25.4 Å². The van der Waals surface area contributed by atoms with Crippen molar-refractivity contribution in [3.8, 4) is 5.88 Å². The number of hydrogen-bond acceptors (Lipinski definition) is 4. The first-order valence-electron chi connectivity index (χ1n) is 8.40. The van der Waals surface area contributed by atoms with Crippen molar-refractivity contribution in [3.05, 3.63) is 53.5 Å². The van der Waals surface area contributed by atoms with Gasteiger partial charge in [-0.2, -0.15) is 0 Å². The number of carbonyl (C=O) groups is 1. The Bertz CT molecular complexity index is 717. The number of hydrogen-bond donors (Lipinski definition) is 0. The molecule has 0 radical (unpaired) electrons. The average molecular weight is 325 g/mol. The van der Waals surface area contributed by atoms with Crippen molar-refractivity contribution in [1.82, 2.24) is 14.9 Å². The number of ether oxygens (including phenoxy) is 1. The minimum absolute atomic E-state index is 0.0216. The molecule has 0 bridgehead atoms. The van der Waals surface area contributed by atoms with Crippen molar-refractivity contribution in [2.24, 2.45) is 0 Å². The van der Waals surface area contributed by atoms with Crippen LogP contribution in [0.4, 0.5) is 0 Å². The van der Waals surface area contributed by atoms with Gasteiger partial charge in [-0.15, -0.1) is 0 Å². The van der Waals surface area contributed by atoms with E-state index >= 15 is 0 Å². The van der Waals surface area contributed by atoms with Gasteiger partial charge in [-0.05, 0) is 62.4 Å². The van der Waals surface area contributed by atoms with Crippen LogP contribution in [0.5, 0.6) is 5.88 Å². The fourth-order valence-corrected chi connectivity index (χ4v) is 3.37. The molecule has 0 N–H and O–H groups in total. The lowest BCUT2D eigenvalue weighted by Gasteiger charge is -2.25. The van der Waals surface area contributed by atoms with Crippen LogP contribution in [0.1, 0.15) is 40.9 Å². The largest absolute Gasteiger partial charge is 0.480 e. The number of aryl methyl sites for hydroxylation is 2. The monoisotopic (exact) mass is 325 g/mol. The van der Waals surface area contributed by atoms with Crippen molar-refractivity contribution in [2.75, 3.05) is 13.7 Å². The summed E-state index contributed by atoms with van der Waals surface area (Å²) in [5.74, 6) is 0.422. The van der Waals surface area contributed by atoms with Crippen LogP contribution in [0.3, 0.4) is 0 Å². The predicted molar refractivity (Wildman–Crippen MR) is 92.1 cm³/mol.